The van der Waals surface area contributed by atoms with Crippen LogP contribution in [0.2, 0.25) is 0 Å². The van der Waals surface area contributed by atoms with Crippen molar-refractivity contribution in [1.82, 2.24) is 30.2 Å². The number of aromatic nitrogens is 4. The number of carbonyl (C=O) groups is 1. The van der Waals surface area contributed by atoms with E-state index in [-0.39, 0.29) is 6.04 Å². The molecule has 0 unspecified atom stereocenters. The first-order chi connectivity index (χ1) is 16.1. The zero-order valence-electron chi connectivity index (χ0n) is 18.8. The molecule has 2 saturated heterocycles. The Morgan fingerprint density at radius 1 is 1.15 bits per heavy atom. The Balaban J connectivity index is 1.49. The maximum absolute atomic E-state index is 12.3. The first kappa shape index (κ1) is 21.5. The van der Waals surface area contributed by atoms with Gasteiger partial charge in [0.1, 0.15) is 23.2 Å². The Morgan fingerprint density at radius 2 is 2.00 bits per heavy atom. The average molecular weight is 448 g/mol. The molecule has 5 rings (SSSR count). The number of anilines is 2. The van der Waals surface area contributed by atoms with E-state index in [0.717, 1.165) is 63.5 Å². The van der Waals surface area contributed by atoms with Crippen molar-refractivity contribution in [2.75, 3.05) is 56.5 Å². The zero-order chi connectivity index (χ0) is 22.8. The summed E-state index contributed by atoms with van der Waals surface area (Å²) in [5, 5.41) is 6.86. The maximum atomic E-state index is 12.3. The Hall–Kier alpha value is -3.37. The van der Waals surface area contributed by atoms with Gasteiger partial charge >= 0.3 is 0 Å². The molecule has 2 aliphatic heterocycles. The number of rotatable bonds is 5. The van der Waals surface area contributed by atoms with Crippen LogP contribution < -0.4 is 21.3 Å². The van der Waals surface area contributed by atoms with Crippen LogP contribution in [0.5, 0.6) is 0 Å². The van der Waals surface area contributed by atoms with E-state index < -0.39 is 5.91 Å². The molecule has 10 nitrogen and oxygen atoms in total. The second-order valence-corrected chi connectivity index (χ2v) is 8.72. The third-order valence-corrected chi connectivity index (χ3v) is 6.36. The van der Waals surface area contributed by atoms with E-state index in [4.69, 9.17) is 10.7 Å². The van der Waals surface area contributed by atoms with Crippen molar-refractivity contribution >= 4 is 28.6 Å². The third kappa shape index (κ3) is 4.57. The molecule has 172 valence electrons. The molecule has 3 aromatic rings. The molecule has 0 radical (unpaired) electrons. The van der Waals surface area contributed by atoms with Crippen molar-refractivity contribution < 1.29 is 4.79 Å². The summed E-state index contributed by atoms with van der Waals surface area (Å²) in [5.41, 5.74) is 8.46. The van der Waals surface area contributed by atoms with Gasteiger partial charge in [0, 0.05) is 50.5 Å². The van der Waals surface area contributed by atoms with Gasteiger partial charge in [0.2, 0.25) is 0 Å². The molecule has 0 bridgehead atoms. The number of fused-ring (bicyclic) bond motifs is 1. The first-order valence-electron chi connectivity index (χ1n) is 11.4. The molecule has 2 fully saturated rings. The van der Waals surface area contributed by atoms with Gasteiger partial charge in [-0.05, 0) is 44.6 Å². The number of hydrogen-bond donors (Lipinski definition) is 3. The van der Waals surface area contributed by atoms with Crippen LogP contribution in [0.4, 0.5) is 11.6 Å². The molecular formula is C23H29N9O. The van der Waals surface area contributed by atoms with E-state index >= 15 is 0 Å². The summed E-state index contributed by atoms with van der Waals surface area (Å²) >= 11 is 0. The number of hydrogen-bond acceptors (Lipinski definition) is 9. The van der Waals surface area contributed by atoms with Crippen LogP contribution in [0.1, 0.15) is 23.2 Å². The monoisotopic (exact) mass is 447 g/mol. The molecular weight excluding hydrogens is 418 g/mol. The molecule has 33 heavy (non-hydrogen) atoms. The Kier molecular flexibility index (Phi) is 6.01. The number of likely N-dealkylation sites (N-methyl/N-ethyl adjacent to an activating group) is 1. The number of nitrogens with zero attached hydrogens (tertiary/aromatic N) is 6. The minimum atomic E-state index is -0.547. The molecule has 5 heterocycles. The average Bonchev–Trinajstić information content (AvgIpc) is 2.85. The zero-order valence-corrected chi connectivity index (χ0v) is 18.8. The number of pyridine rings is 2. The predicted octanol–water partition coefficient (Wildman–Crippen LogP) is 1.10. The summed E-state index contributed by atoms with van der Waals surface area (Å²) in [6.07, 6.45) is 5.38. The van der Waals surface area contributed by atoms with E-state index in [2.05, 4.69) is 42.4 Å². The maximum Gasteiger partial charge on any atom is 0.251 e. The molecule has 4 N–H and O–H groups in total. The SMILES string of the molecule is CN1CCN(c2ccc(-c3cc(C(N)=O)c4ncnc(N[C@H]5CCCNC5)c4n3)cn2)CC1. The topological polar surface area (TPSA) is 125 Å². The number of nitrogens with one attached hydrogen (secondary N) is 2. The smallest absolute Gasteiger partial charge is 0.251 e. The van der Waals surface area contributed by atoms with E-state index in [0.29, 0.717) is 28.1 Å². The third-order valence-electron chi connectivity index (χ3n) is 6.36. The number of amides is 1. The lowest BCUT2D eigenvalue weighted by molar-refractivity contribution is 0.100. The van der Waals surface area contributed by atoms with Gasteiger partial charge in [0.15, 0.2) is 5.82 Å². The lowest BCUT2D eigenvalue weighted by atomic mass is 10.1. The molecule has 1 amide bonds. The number of carbonyl (C=O) groups excluding carboxylic acids is 1. The van der Waals surface area contributed by atoms with Gasteiger partial charge < -0.3 is 26.2 Å². The summed E-state index contributed by atoms with van der Waals surface area (Å²) in [5.74, 6) is 1.01. The first-order valence-corrected chi connectivity index (χ1v) is 11.4. The normalized spacial score (nSPS) is 19.5. The van der Waals surface area contributed by atoms with Crippen molar-refractivity contribution in [2.24, 2.45) is 5.73 Å². The number of piperidine rings is 1. The highest BCUT2D eigenvalue weighted by atomic mass is 16.1. The lowest BCUT2D eigenvalue weighted by Crippen LogP contribution is -2.44. The summed E-state index contributed by atoms with van der Waals surface area (Å²) < 4.78 is 0. The minimum Gasteiger partial charge on any atom is -0.366 e. The molecule has 0 aromatic carbocycles. The predicted molar refractivity (Wildman–Crippen MR) is 128 cm³/mol. The van der Waals surface area contributed by atoms with Gasteiger partial charge in [-0.1, -0.05) is 0 Å². The number of nitrogens with two attached hydrogens (primary N) is 1. The molecule has 1 atom stereocenters. The fourth-order valence-corrected chi connectivity index (χ4v) is 4.41. The summed E-state index contributed by atoms with van der Waals surface area (Å²) in [4.78, 5) is 35.1. The van der Waals surface area contributed by atoms with Crippen molar-refractivity contribution in [2.45, 2.75) is 18.9 Å². The minimum absolute atomic E-state index is 0.240. The standard InChI is InChI=1S/C23H29N9O/c1-31-7-9-32(10-8-31)19-5-4-15(12-26-19)18-11-17(22(24)33)20-21(30-18)23(28-14-27-20)29-16-3-2-6-25-13-16/h4-5,11-12,14,16,25H,2-3,6-10,13H2,1H3,(H2,24,33)(H,27,28,29)/t16-/m0/s1. The van der Waals surface area contributed by atoms with E-state index in [1.807, 2.05) is 12.1 Å². The van der Waals surface area contributed by atoms with Gasteiger partial charge in [-0.2, -0.15) is 0 Å². The molecule has 2 aliphatic rings. The van der Waals surface area contributed by atoms with Gasteiger partial charge in [0.25, 0.3) is 5.91 Å². The Labute approximate surface area is 192 Å². The van der Waals surface area contributed by atoms with Crippen molar-refractivity contribution in [3.63, 3.8) is 0 Å². The Morgan fingerprint density at radius 3 is 2.70 bits per heavy atom. The second kappa shape index (κ2) is 9.24. The van der Waals surface area contributed by atoms with Crippen molar-refractivity contribution in [3.05, 3.63) is 36.3 Å². The van der Waals surface area contributed by atoms with Crippen LogP contribution in [-0.4, -0.2) is 83.1 Å². The molecule has 3 aromatic heterocycles. The van der Waals surface area contributed by atoms with Gasteiger partial charge in [-0.3, -0.25) is 4.79 Å². The molecule has 0 spiro atoms. The van der Waals surface area contributed by atoms with E-state index in [9.17, 15) is 4.79 Å². The van der Waals surface area contributed by atoms with Gasteiger partial charge in [-0.25, -0.2) is 19.9 Å². The summed E-state index contributed by atoms with van der Waals surface area (Å²) in [7, 11) is 2.13. The molecule has 10 heteroatoms. The molecule has 0 aliphatic carbocycles. The number of piperazine rings is 1. The largest absolute Gasteiger partial charge is 0.366 e. The quantitative estimate of drug-likeness (QED) is 0.527. The van der Waals surface area contributed by atoms with E-state index in [1.54, 1.807) is 12.3 Å². The van der Waals surface area contributed by atoms with Gasteiger partial charge in [-0.15, -0.1) is 0 Å². The van der Waals surface area contributed by atoms with Crippen molar-refractivity contribution in [1.29, 1.82) is 0 Å². The lowest BCUT2D eigenvalue weighted by Gasteiger charge is -2.33. The summed E-state index contributed by atoms with van der Waals surface area (Å²) in [6, 6.07) is 5.92. The summed E-state index contributed by atoms with van der Waals surface area (Å²) in [6.45, 7) is 5.81. The van der Waals surface area contributed by atoms with Crippen LogP contribution in [0.3, 0.4) is 0 Å². The highest BCUT2D eigenvalue weighted by molar-refractivity contribution is 6.06. The second-order valence-electron chi connectivity index (χ2n) is 8.72. The van der Waals surface area contributed by atoms with Gasteiger partial charge in [0.05, 0.1) is 11.3 Å². The number of primary amides is 1. The van der Waals surface area contributed by atoms with Crippen LogP contribution >= 0.6 is 0 Å². The van der Waals surface area contributed by atoms with Crippen LogP contribution in [0.25, 0.3) is 22.3 Å². The van der Waals surface area contributed by atoms with Crippen LogP contribution in [0, 0.1) is 0 Å². The Bertz CT molecular complexity index is 1140. The van der Waals surface area contributed by atoms with Crippen molar-refractivity contribution in [3.8, 4) is 11.3 Å². The van der Waals surface area contributed by atoms with Crippen LogP contribution in [-0.2, 0) is 0 Å². The fourth-order valence-electron chi connectivity index (χ4n) is 4.41. The van der Waals surface area contributed by atoms with E-state index in [1.165, 1.54) is 6.33 Å². The highest BCUT2D eigenvalue weighted by Gasteiger charge is 2.20. The highest BCUT2D eigenvalue weighted by Crippen LogP contribution is 2.28. The van der Waals surface area contributed by atoms with Crippen LogP contribution in [0.15, 0.2) is 30.7 Å². The molecule has 0 saturated carbocycles. The fraction of sp³-hybridized carbons (Fsp3) is 0.435.